The smallest absolute Gasteiger partial charge is 0.271 e. The molecule has 2 rings (SSSR count). The summed E-state index contributed by atoms with van der Waals surface area (Å²) in [6.45, 7) is 3.67. The second-order valence-electron chi connectivity index (χ2n) is 4.56. The Morgan fingerprint density at radius 3 is 3.00 bits per heavy atom. The highest BCUT2D eigenvalue weighted by atomic mass is 32.2. The Morgan fingerprint density at radius 2 is 2.37 bits per heavy atom. The number of carbonyl (C=O) groups is 1. The van der Waals surface area contributed by atoms with Crippen molar-refractivity contribution in [3.63, 3.8) is 0 Å². The second kappa shape index (κ2) is 7.33. The molecule has 1 fully saturated rings. The van der Waals surface area contributed by atoms with E-state index in [0.717, 1.165) is 19.5 Å². The van der Waals surface area contributed by atoms with E-state index in [1.165, 1.54) is 24.8 Å². The lowest BCUT2D eigenvalue weighted by Gasteiger charge is -2.09. The average molecular weight is 280 g/mol. The van der Waals surface area contributed by atoms with Crippen molar-refractivity contribution in [1.29, 1.82) is 0 Å². The van der Waals surface area contributed by atoms with Gasteiger partial charge in [0.15, 0.2) is 0 Å². The number of rotatable bonds is 6. The van der Waals surface area contributed by atoms with Crippen molar-refractivity contribution in [2.45, 2.75) is 31.4 Å². The monoisotopic (exact) mass is 280 g/mol. The molecule has 0 saturated carbocycles. The molecule has 1 saturated heterocycles. The van der Waals surface area contributed by atoms with Crippen molar-refractivity contribution in [3.05, 3.63) is 18.1 Å². The van der Waals surface area contributed by atoms with Gasteiger partial charge in [-0.25, -0.2) is 9.97 Å². The molecule has 1 aromatic rings. The highest BCUT2D eigenvalue weighted by Gasteiger charge is 2.17. The number of aromatic nitrogens is 2. The molecule has 1 aliphatic heterocycles. The molecular weight excluding hydrogens is 260 g/mol. The summed E-state index contributed by atoms with van der Waals surface area (Å²) in [6, 6.07) is 0. The Morgan fingerprint density at radius 1 is 1.47 bits per heavy atom. The minimum Gasteiger partial charge on any atom is -0.369 e. The van der Waals surface area contributed by atoms with E-state index >= 15 is 0 Å². The molecule has 2 heterocycles. The molecule has 5 nitrogen and oxygen atoms in total. The summed E-state index contributed by atoms with van der Waals surface area (Å²) >= 11 is 1.93. The van der Waals surface area contributed by atoms with Crippen LogP contribution in [0.5, 0.6) is 0 Å². The minimum atomic E-state index is -0.137. The third kappa shape index (κ3) is 4.38. The molecule has 0 bridgehead atoms. The average Bonchev–Trinajstić information content (AvgIpc) is 2.96. The largest absolute Gasteiger partial charge is 0.369 e. The standard InChI is InChI=1S/C13H20N4OS/c1-2-5-14-12-9-15-11(8-16-12)13(18)17-7-10-4-3-6-19-10/h8-10H,2-7H2,1H3,(H,14,16)(H,17,18). The first kappa shape index (κ1) is 14.1. The Hall–Kier alpha value is -1.30. The van der Waals surface area contributed by atoms with Gasteiger partial charge in [0.1, 0.15) is 11.5 Å². The lowest BCUT2D eigenvalue weighted by Crippen LogP contribution is -2.30. The maximum absolute atomic E-state index is 11.9. The van der Waals surface area contributed by atoms with Crippen molar-refractivity contribution in [2.75, 3.05) is 24.2 Å². The second-order valence-corrected chi connectivity index (χ2v) is 5.97. The Bertz CT molecular complexity index is 404. The van der Waals surface area contributed by atoms with Crippen LogP contribution in [0.25, 0.3) is 0 Å². The summed E-state index contributed by atoms with van der Waals surface area (Å²) in [7, 11) is 0. The van der Waals surface area contributed by atoms with Crippen LogP contribution in [0.15, 0.2) is 12.4 Å². The number of hydrogen-bond donors (Lipinski definition) is 2. The maximum Gasteiger partial charge on any atom is 0.271 e. The molecule has 0 radical (unpaired) electrons. The molecule has 1 atom stereocenters. The first-order valence-corrected chi connectivity index (χ1v) is 7.80. The van der Waals surface area contributed by atoms with E-state index < -0.39 is 0 Å². The lowest BCUT2D eigenvalue weighted by molar-refractivity contribution is 0.0948. The zero-order chi connectivity index (χ0) is 13.5. The van der Waals surface area contributed by atoms with Gasteiger partial charge in [-0.15, -0.1) is 0 Å². The van der Waals surface area contributed by atoms with E-state index in [-0.39, 0.29) is 5.91 Å². The SMILES string of the molecule is CCCNc1cnc(C(=O)NCC2CCCS2)cn1. The molecule has 1 aliphatic rings. The van der Waals surface area contributed by atoms with Gasteiger partial charge in [-0.05, 0) is 25.0 Å². The van der Waals surface area contributed by atoms with Gasteiger partial charge in [0.05, 0.1) is 12.4 Å². The van der Waals surface area contributed by atoms with Crippen LogP contribution in [0.3, 0.4) is 0 Å². The van der Waals surface area contributed by atoms with E-state index in [1.807, 2.05) is 11.8 Å². The molecule has 1 aromatic heterocycles. The van der Waals surface area contributed by atoms with Crippen molar-refractivity contribution in [1.82, 2.24) is 15.3 Å². The van der Waals surface area contributed by atoms with Crippen LogP contribution in [-0.2, 0) is 0 Å². The van der Waals surface area contributed by atoms with Crippen LogP contribution in [0.1, 0.15) is 36.7 Å². The summed E-state index contributed by atoms with van der Waals surface area (Å²) in [6.07, 6.45) is 6.60. The van der Waals surface area contributed by atoms with Gasteiger partial charge in [0.2, 0.25) is 0 Å². The van der Waals surface area contributed by atoms with E-state index in [0.29, 0.717) is 16.8 Å². The van der Waals surface area contributed by atoms with E-state index in [2.05, 4.69) is 27.5 Å². The zero-order valence-electron chi connectivity index (χ0n) is 11.2. The number of hydrogen-bond acceptors (Lipinski definition) is 5. The normalized spacial score (nSPS) is 18.3. The number of thioether (sulfide) groups is 1. The Balaban J connectivity index is 1.81. The first-order chi connectivity index (χ1) is 9.29. The first-order valence-electron chi connectivity index (χ1n) is 6.75. The topological polar surface area (TPSA) is 66.9 Å². The lowest BCUT2D eigenvalue weighted by atomic mass is 10.2. The van der Waals surface area contributed by atoms with Crippen molar-refractivity contribution in [3.8, 4) is 0 Å². The molecule has 104 valence electrons. The highest BCUT2D eigenvalue weighted by Crippen LogP contribution is 2.25. The van der Waals surface area contributed by atoms with Crippen LogP contribution in [-0.4, -0.2) is 40.0 Å². The molecule has 0 aliphatic carbocycles. The Kier molecular flexibility index (Phi) is 5.44. The van der Waals surface area contributed by atoms with Gasteiger partial charge >= 0.3 is 0 Å². The molecule has 1 unspecified atom stereocenters. The van der Waals surface area contributed by atoms with Gasteiger partial charge in [-0.1, -0.05) is 6.92 Å². The summed E-state index contributed by atoms with van der Waals surface area (Å²) in [5.74, 6) is 1.78. The molecule has 0 spiro atoms. The van der Waals surface area contributed by atoms with Crippen LogP contribution in [0, 0.1) is 0 Å². The third-order valence-electron chi connectivity index (χ3n) is 2.95. The number of carbonyl (C=O) groups excluding carboxylic acids is 1. The summed E-state index contributed by atoms with van der Waals surface area (Å²) in [5.41, 5.74) is 0.380. The highest BCUT2D eigenvalue weighted by molar-refractivity contribution is 8.00. The van der Waals surface area contributed by atoms with Crippen molar-refractivity contribution in [2.24, 2.45) is 0 Å². The quantitative estimate of drug-likeness (QED) is 0.833. The fraction of sp³-hybridized carbons (Fsp3) is 0.615. The molecule has 1 amide bonds. The number of anilines is 1. The van der Waals surface area contributed by atoms with Gasteiger partial charge in [-0.2, -0.15) is 11.8 Å². The fourth-order valence-corrected chi connectivity index (χ4v) is 3.09. The van der Waals surface area contributed by atoms with E-state index in [1.54, 1.807) is 6.20 Å². The predicted octanol–water partition coefficient (Wildman–Crippen LogP) is 1.92. The fourth-order valence-electron chi connectivity index (χ4n) is 1.89. The number of nitrogens with zero attached hydrogens (tertiary/aromatic N) is 2. The van der Waals surface area contributed by atoms with Gasteiger partial charge < -0.3 is 10.6 Å². The summed E-state index contributed by atoms with van der Waals surface area (Å²) in [4.78, 5) is 20.2. The van der Waals surface area contributed by atoms with Gasteiger partial charge in [-0.3, -0.25) is 4.79 Å². The third-order valence-corrected chi connectivity index (χ3v) is 4.35. The molecule has 19 heavy (non-hydrogen) atoms. The summed E-state index contributed by atoms with van der Waals surface area (Å²) in [5, 5.41) is 6.61. The number of nitrogens with one attached hydrogen (secondary N) is 2. The van der Waals surface area contributed by atoms with Crippen LogP contribution >= 0.6 is 11.8 Å². The number of amides is 1. The molecule has 0 aromatic carbocycles. The maximum atomic E-state index is 11.9. The van der Waals surface area contributed by atoms with Crippen LogP contribution in [0.4, 0.5) is 5.82 Å². The van der Waals surface area contributed by atoms with E-state index in [4.69, 9.17) is 0 Å². The zero-order valence-corrected chi connectivity index (χ0v) is 12.0. The molecular formula is C13H20N4OS. The van der Waals surface area contributed by atoms with Gasteiger partial charge in [0.25, 0.3) is 5.91 Å². The molecule has 2 N–H and O–H groups in total. The van der Waals surface area contributed by atoms with E-state index in [9.17, 15) is 4.79 Å². The van der Waals surface area contributed by atoms with Gasteiger partial charge in [0, 0.05) is 18.3 Å². The Labute approximate surface area is 118 Å². The molecule has 6 heteroatoms. The van der Waals surface area contributed by atoms with Crippen molar-refractivity contribution < 1.29 is 4.79 Å². The predicted molar refractivity (Wildman–Crippen MR) is 78.6 cm³/mol. The van der Waals surface area contributed by atoms with Crippen LogP contribution < -0.4 is 10.6 Å². The minimum absolute atomic E-state index is 0.137. The van der Waals surface area contributed by atoms with Crippen LogP contribution in [0.2, 0.25) is 0 Å². The summed E-state index contributed by atoms with van der Waals surface area (Å²) < 4.78 is 0. The van der Waals surface area contributed by atoms with Crippen molar-refractivity contribution >= 4 is 23.5 Å².